The van der Waals surface area contributed by atoms with E-state index in [0.717, 1.165) is 37.3 Å². The van der Waals surface area contributed by atoms with Gasteiger partial charge < -0.3 is 14.3 Å². The molecule has 2 heterocycles. The van der Waals surface area contributed by atoms with Crippen molar-refractivity contribution in [1.82, 2.24) is 4.90 Å². The molecule has 3 rings (SSSR count). The fourth-order valence-corrected chi connectivity index (χ4v) is 2.69. The molecular weight excluding hydrogens is 230 g/mol. The zero-order valence-corrected chi connectivity index (χ0v) is 10.3. The highest BCUT2D eigenvalue weighted by Gasteiger charge is 2.24. The zero-order valence-electron chi connectivity index (χ0n) is 10.3. The lowest BCUT2D eigenvalue weighted by molar-refractivity contribution is -0.108. The maximum Gasteiger partial charge on any atom is 0.161 e. The molecule has 1 fully saturated rings. The van der Waals surface area contributed by atoms with E-state index < -0.39 is 0 Å². The lowest BCUT2D eigenvalue weighted by Gasteiger charge is -2.20. The maximum atomic E-state index is 10.5. The van der Waals surface area contributed by atoms with Crippen molar-refractivity contribution in [2.75, 3.05) is 32.8 Å². The number of benzene rings is 1. The smallest absolute Gasteiger partial charge is 0.161 e. The van der Waals surface area contributed by atoms with Crippen LogP contribution in [0.25, 0.3) is 0 Å². The average molecular weight is 247 g/mol. The highest BCUT2D eigenvalue weighted by molar-refractivity contribution is 5.52. The molecule has 18 heavy (non-hydrogen) atoms. The standard InChI is InChI=1S/C14H17NO3/c16-6-5-15-4-3-12(10-15)11-1-2-13-14(9-11)18-8-7-17-13/h1-2,6,9,12H,3-5,7-8,10H2/t12-/m1/s1. The van der Waals surface area contributed by atoms with E-state index >= 15 is 0 Å². The quantitative estimate of drug-likeness (QED) is 0.758. The van der Waals surface area contributed by atoms with Crippen LogP contribution in [0.3, 0.4) is 0 Å². The summed E-state index contributed by atoms with van der Waals surface area (Å²) < 4.78 is 11.1. The van der Waals surface area contributed by atoms with Gasteiger partial charge in [-0.05, 0) is 36.6 Å². The molecule has 1 aromatic rings. The third-order valence-electron chi connectivity index (χ3n) is 3.64. The third kappa shape index (κ3) is 2.20. The first-order valence-electron chi connectivity index (χ1n) is 6.42. The van der Waals surface area contributed by atoms with Gasteiger partial charge in [-0.1, -0.05) is 6.07 Å². The molecule has 0 amide bonds. The zero-order chi connectivity index (χ0) is 12.4. The van der Waals surface area contributed by atoms with Crippen molar-refractivity contribution < 1.29 is 14.3 Å². The Bertz CT molecular complexity index is 447. The van der Waals surface area contributed by atoms with Gasteiger partial charge in [0.05, 0.1) is 6.54 Å². The van der Waals surface area contributed by atoms with Crippen LogP contribution in [0, 0.1) is 0 Å². The van der Waals surface area contributed by atoms with Gasteiger partial charge in [0.1, 0.15) is 19.5 Å². The number of carbonyl (C=O) groups is 1. The van der Waals surface area contributed by atoms with Crippen molar-refractivity contribution in [3.8, 4) is 11.5 Å². The van der Waals surface area contributed by atoms with Gasteiger partial charge in [-0.15, -0.1) is 0 Å². The fraction of sp³-hybridized carbons (Fsp3) is 0.500. The topological polar surface area (TPSA) is 38.8 Å². The van der Waals surface area contributed by atoms with Gasteiger partial charge in [-0.3, -0.25) is 4.90 Å². The van der Waals surface area contributed by atoms with E-state index in [1.54, 1.807) is 0 Å². The Morgan fingerprint density at radius 1 is 1.28 bits per heavy atom. The number of nitrogens with zero attached hydrogens (tertiary/aromatic N) is 1. The lowest BCUT2D eigenvalue weighted by atomic mass is 9.98. The number of fused-ring (bicyclic) bond motifs is 1. The van der Waals surface area contributed by atoms with Crippen LogP contribution in [0.5, 0.6) is 11.5 Å². The number of aldehydes is 1. The van der Waals surface area contributed by atoms with Gasteiger partial charge in [0.2, 0.25) is 0 Å². The van der Waals surface area contributed by atoms with Gasteiger partial charge in [0.25, 0.3) is 0 Å². The minimum atomic E-state index is 0.501. The highest BCUT2D eigenvalue weighted by atomic mass is 16.6. The van der Waals surface area contributed by atoms with Crippen LogP contribution in [0.4, 0.5) is 0 Å². The molecule has 0 unspecified atom stereocenters. The van der Waals surface area contributed by atoms with Crippen LogP contribution in [0.2, 0.25) is 0 Å². The SMILES string of the molecule is O=CCN1CC[C@@H](c2ccc3c(c2)OCCO3)C1. The summed E-state index contributed by atoms with van der Waals surface area (Å²) in [7, 11) is 0. The number of hydrogen-bond acceptors (Lipinski definition) is 4. The van der Waals surface area contributed by atoms with Crippen LogP contribution < -0.4 is 9.47 Å². The lowest BCUT2D eigenvalue weighted by Crippen LogP contribution is -2.22. The molecule has 96 valence electrons. The van der Waals surface area contributed by atoms with Crippen LogP contribution >= 0.6 is 0 Å². The first-order chi connectivity index (χ1) is 8.86. The summed E-state index contributed by atoms with van der Waals surface area (Å²) in [5, 5.41) is 0. The van der Waals surface area contributed by atoms with Gasteiger partial charge in [0.15, 0.2) is 11.5 Å². The summed E-state index contributed by atoms with van der Waals surface area (Å²) in [6, 6.07) is 6.19. The molecule has 0 aromatic heterocycles. The summed E-state index contributed by atoms with van der Waals surface area (Å²) in [6.45, 7) is 3.75. The van der Waals surface area contributed by atoms with Gasteiger partial charge >= 0.3 is 0 Å². The summed E-state index contributed by atoms with van der Waals surface area (Å²) >= 11 is 0. The summed E-state index contributed by atoms with van der Waals surface area (Å²) in [5.74, 6) is 2.20. The second kappa shape index (κ2) is 4.98. The van der Waals surface area contributed by atoms with Crippen LogP contribution in [0.1, 0.15) is 17.9 Å². The van der Waals surface area contributed by atoms with E-state index in [9.17, 15) is 4.79 Å². The minimum absolute atomic E-state index is 0.501. The maximum absolute atomic E-state index is 10.5. The molecule has 0 bridgehead atoms. The van der Waals surface area contributed by atoms with Gasteiger partial charge in [-0.2, -0.15) is 0 Å². The average Bonchev–Trinajstić information content (AvgIpc) is 2.87. The summed E-state index contributed by atoms with van der Waals surface area (Å²) in [5.41, 5.74) is 1.28. The molecular formula is C14H17NO3. The molecule has 1 aromatic carbocycles. The molecule has 0 spiro atoms. The Kier molecular flexibility index (Phi) is 3.19. The van der Waals surface area contributed by atoms with E-state index in [-0.39, 0.29) is 0 Å². The Hall–Kier alpha value is -1.55. The predicted octanol–water partition coefficient (Wildman–Crippen LogP) is 1.45. The molecule has 4 heteroatoms. The van der Waals surface area contributed by atoms with Crippen molar-refractivity contribution in [3.05, 3.63) is 23.8 Å². The largest absolute Gasteiger partial charge is 0.486 e. The van der Waals surface area contributed by atoms with Crippen molar-refractivity contribution >= 4 is 6.29 Å². The van der Waals surface area contributed by atoms with E-state index in [4.69, 9.17) is 9.47 Å². The van der Waals surface area contributed by atoms with Gasteiger partial charge in [-0.25, -0.2) is 0 Å². The fourth-order valence-electron chi connectivity index (χ4n) is 2.69. The Morgan fingerprint density at radius 2 is 2.11 bits per heavy atom. The normalized spacial score (nSPS) is 23.0. The second-order valence-corrected chi connectivity index (χ2v) is 4.81. The number of rotatable bonds is 3. The Morgan fingerprint density at radius 3 is 2.94 bits per heavy atom. The van der Waals surface area contributed by atoms with Crippen molar-refractivity contribution in [1.29, 1.82) is 0 Å². The second-order valence-electron chi connectivity index (χ2n) is 4.81. The van der Waals surface area contributed by atoms with Crippen LogP contribution in [-0.2, 0) is 4.79 Å². The number of hydrogen-bond donors (Lipinski definition) is 0. The van der Waals surface area contributed by atoms with E-state index in [2.05, 4.69) is 17.0 Å². The minimum Gasteiger partial charge on any atom is -0.486 e. The molecule has 4 nitrogen and oxygen atoms in total. The number of ether oxygens (including phenoxy) is 2. The summed E-state index contributed by atoms with van der Waals surface area (Å²) in [4.78, 5) is 12.7. The monoisotopic (exact) mass is 247 g/mol. The van der Waals surface area contributed by atoms with E-state index in [1.807, 2.05) is 6.07 Å². The number of likely N-dealkylation sites (tertiary alicyclic amines) is 1. The molecule has 0 radical (unpaired) electrons. The first kappa shape index (κ1) is 11.5. The van der Waals surface area contributed by atoms with E-state index in [0.29, 0.717) is 25.7 Å². The molecule has 2 aliphatic rings. The van der Waals surface area contributed by atoms with Crippen molar-refractivity contribution in [2.24, 2.45) is 0 Å². The highest BCUT2D eigenvalue weighted by Crippen LogP contribution is 2.35. The molecule has 1 saturated heterocycles. The molecule has 0 N–H and O–H groups in total. The van der Waals surface area contributed by atoms with Gasteiger partial charge in [0, 0.05) is 6.54 Å². The van der Waals surface area contributed by atoms with E-state index in [1.165, 1.54) is 5.56 Å². The molecule has 0 saturated carbocycles. The van der Waals surface area contributed by atoms with Crippen LogP contribution in [0.15, 0.2) is 18.2 Å². The predicted molar refractivity (Wildman–Crippen MR) is 67.3 cm³/mol. The Labute approximate surface area is 106 Å². The first-order valence-corrected chi connectivity index (χ1v) is 6.42. The third-order valence-corrected chi connectivity index (χ3v) is 3.64. The van der Waals surface area contributed by atoms with Crippen molar-refractivity contribution in [2.45, 2.75) is 12.3 Å². The molecule has 2 aliphatic heterocycles. The molecule has 1 atom stereocenters. The number of carbonyl (C=O) groups excluding carboxylic acids is 1. The van der Waals surface area contributed by atoms with Crippen molar-refractivity contribution in [3.63, 3.8) is 0 Å². The van der Waals surface area contributed by atoms with Crippen LogP contribution in [-0.4, -0.2) is 44.0 Å². The molecule has 0 aliphatic carbocycles. The Balaban J connectivity index is 1.75. The summed E-state index contributed by atoms with van der Waals surface area (Å²) in [6.07, 6.45) is 2.08.